The van der Waals surface area contributed by atoms with E-state index < -0.39 is 0 Å². The lowest BCUT2D eigenvalue weighted by Gasteiger charge is -2.19. The van der Waals surface area contributed by atoms with Crippen molar-refractivity contribution in [1.29, 1.82) is 0 Å². The Morgan fingerprint density at radius 1 is 1.06 bits per heavy atom. The molecule has 0 radical (unpaired) electrons. The van der Waals surface area contributed by atoms with Crippen LogP contribution in [0.4, 0.5) is 5.69 Å². The fraction of sp³-hybridized carbons (Fsp3) is 0.200. The molecule has 0 aromatic heterocycles. The SMILES string of the molecule is CCC(Nc1ccc(Br)cc1Br)c1ccccc1. The van der Waals surface area contributed by atoms with Gasteiger partial charge in [0.2, 0.25) is 0 Å². The topological polar surface area (TPSA) is 12.0 Å². The molecule has 0 spiro atoms. The third kappa shape index (κ3) is 3.36. The number of hydrogen-bond acceptors (Lipinski definition) is 1. The van der Waals surface area contributed by atoms with Crippen molar-refractivity contribution in [1.82, 2.24) is 0 Å². The molecule has 0 aliphatic carbocycles. The van der Waals surface area contributed by atoms with Gasteiger partial charge in [0.15, 0.2) is 0 Å². The normalized spacial score (nSPS) is 12.2. The van der Waals surface area contributed by atoms with Gasteiger partial charge in [-0.25, -0.2) is 0 Å². The summed E-state index contributed by atoms with van der Waals surface area (Å²) in [5.41, 5.74) is 2.43. The molecule has 0 fully saturated rings. The van der Waals surface area contributed by atoms with Gasteiger partial charge >= 0.3 is 0 Å². The molecular formula is C15H15Br2N. The molecule has 0 aliphatic rings. The highest BCUT2D eigenvalue weighted by molar-refractivity contribution is 9.11. The van der Waals surface area contributed by atoms with Crippen molar-refractivity contribution < 1.29 is 0 Å². The summed E-state index contributed by atoms with van der Waals surface area (Å²) >= 11 is 7.05. The minimum absolute atomic E-state index is 0.337. The number of nitrogens with one attached hydrogen (secondary N) is 1. The van der Waals surface area contributed by atoms with Crippen molar-refractivity contribution in [2.45, 2.75) is 19.4 Å². The van der Waals surface area contributed by atoms with E-state index in [0.29, 0.717) is 6.04 Å². The maximum Gasteiger partial charge on any atom is 0.0511 e. The molecule has 2 aromatic rings. The van der Waals surface area contributed by atoms with E-state index in [0.717, 1.165) is 21.1 Å². The quantitative estimate of drug-likeness (QED) is 0.721. The first-order valence-corrected chi connectivity index (χ1v) is 7.56. The van der Waals surface area contributed by atoms with Crippen LogP contribution in [0.1, 0.15) is 24.9 Å². The van der Waals surface area contributed by atoms with Crippen LogP contribution in [0.3, 0.4) is 0 Å². The summed E-state index contributed by atoms with van der Waals surface area (Å²) in [6.45, 7) is 2.19. The summed E-state index contributed by atoms with van der Waals surface area (Å²) in [5, 5.41) is 3.57. The van der Waals surface area contributed by atoms with Gasteiger partial charge in [0.25, 0.3) is 0 Å². The first-order valence-electron chi connectivity index (χ1n) is 5.97. The van der Waals surface area contributed by atoms with Crippen LogP contribution in [0.5, 0.6) is 0 Å². The lowest BCUT2D eigenvalue weighted by molar-refractivity contribution is 0.749. The highest BCUT2D eigenvalue weighted by Gasteiger charge is 2.10. The molecule has 1 unspecified atom stereocenters. The Labute approximate surface area is 125 Å². The molecule has 1 nitrogen and oxygen atoms in total. The predicted octanol–water partition coefficient (Wildman–Crippen LogP) is 5.77. The molecule has 1 atom stereocenters. The average molecular weight is 369 g/mol. The largest absolute Gasteiger partial charge is 0.377 e. The van der Waals surface area contributed by atoms with Gasteiger partial charge in [0.1, 0.15) is 0 Å². The summed E-state index contributed by atoms with van der Waals surface area (Å²) in [6, 6.07) is 17.0. The first-order chi connectivity index (χ1) is 8.70. The molecule has 3 heteroatoms. The molecule has 18 heavy (non-hydrogen) atoms. The summed E-state index contributed by atoms with van der Waals surface area (Å²) in [4.78, 5) is 0. The molecule has 0 amide bonds. The lowest BCUT2D eigenvalue weighted by Crippen LogP contribution is -2.09. The van der Waals surface area contributed by atoms with Crippen LogP contribution in [-0.2, 0) is 0 Å². The van der Waals surface area contributed by atoms with E-state index in [4.69, 9.17) is 0 Å². The van der Waals surface area contributed by atoms with Crippen LogP contribution in [0.15, 0.2) is 57.5 Å². The van der Waals surface area contributed by atoms with Gasteiger partial charge in [0.05, 0.1) is 6.04 Å². The zero-order valence-electron chi connectivity index (χ0n) is 10.2. The molecule has 1 N–H and O–H groups in total. The zero-order valence-corrected chi connectivity index (χ0v) is 13.3. The van der Waals surface area contributed by atoms with E-state index in [2.05, 4.69) is 80.5 Å². The van der Waals surface area contributed by atoms with Gasteiger partial charge in [-0.3, -0.25) is 0 Å². The predicted molar refractivity (Wildman–Crippen MR) is 84.9 cm³/mol. The van der Waals surface area contributed by atoms with Crippen LogP contribution in [0.25, 0.3) is 0 Å². The second-order valence-electron chi connectivity index (χ2n) is 4.14. The standard InChI is InChI=1S/C15H15Br2N/c1-2-14(11-6-4-3-5-7-11)18-15-9-8-12(16)10-13(15)17/h3-10,14,18H,2H2,1H3. The van der Waals surface area contributed by atoms with Gasteiger partial charge in [-0.15, -0.1) is 0 Å². The second-order valence-corrected chi connectivity index (χ2v) is 5.91. The maximum atomic E-state index is 3.58. The Morgan fingerprint density at radius 3 is 2.39 bits per heavy atom. The summed E-state index contributed by atoms with van der Waals surface area (Å²) < 4.78 is 2.15. The monoisotopic (exact) mass is 367 g/mol. The average Bonchev–Trinajstić information content (AvgIpc) is 2.39. The highest BCUT2D eigenvalue weighted by Crippen LogP contribution is 2.30. The van der Waals surface area contributed by atoms with E-state index in [1.165, 1.54) is 5.56 Å². The Balaban J connectivity index is 2.21. The van der Waals surface area contributed by atoms with Crippen LogP contribution in [0, 0.1) is 0 Å². The number of benzene rings is 2. The van der Waals surface area contributed by atoms with Crippen molar-refractivity contribution in [3.63, 3.8) is 0 Å². The number of hydrogen-bond donors (Lipinski definition) is 1. The minimum atomic E-state index is 0.337. The van der Waals surface area contributed by atoms with Crippen LogP contribution < -0.4 is 5.32 Å². The fourth-order valence-corrected chi connectivity index (χ4v) is 3.06. The van der Waals surface area contributed by atoms with Crippen molar-refractivity contribution in [2.24, 2.45) is 0 Å². The van der Waals surface area contributed by atoms with Gasteiger partial charge in [-0.1, -0.05) is 53.2 Å². The van der Waals surface area contributed by atoms with Crippen molar-refractivity contribution >= 4 is 37.5 Å². The molecule has 0 saturated heterocycles. The third-order valence-corrected chi connectivity index (χ3v) is 4.02. The van der Waals surface area contributed by atoms with Crippen molar-refractivity contribution in [3.8, 4) is 0 Å². The molecule has 0 aliphatic heterocycles. The van der Waals surface area contributed by atoms with Crippen molar-refractivity contribution in [2.75, 3.05) is 5.32 Å². The number of anilines is 1. The molecule has 2 aromatic carbocycles. The number of rotatable bonds is 4. The summed E-state index contributed by atoms with van der Waals surface area (Å²) in [6.07, 6.45) is 1.05. The Bertz CT molecular complexity index is 511. The first kappa shape index (κ1) is 13.6. The lowest BCUT2D eigenvalue weighted by atomic mass is 10.0. The van der Waals surface area contributed by atoms with E-state index in [-0.39, 0.29) is 0 Å². The maximum absolute atomic E-state index is 3.58. The highest BCUT2D eigenvalue weighted by atomic mass is 79.9. The fourth-order valence-electron chi connectivity index (χ4n) is 1.90. The van der Waals surface area contributed by atoms with E-state index >= 15 is 0 Å². The van der Waals surface area contributed by atoms with Crippen molar-refractivity contribution in [3.05, 3.63) is 63.0 Å². The van der Waals surface area contributed by atoms with Crippen LogP contribution >= 0.6 is 31.9 Å². The molecule has 0 bridgehead atoms. The summed E-state index contributed by atoms with van der Waals surface area (Å²) in [7, 11) is 0. The zero-order chi connectivity index (χ0) is 13.0. The van der Waals surface area contributed by atoms with E-state index in [1.54, 1.807) is 0 Å². The smallest absolute Gasteiger partial charge is 0.0511 e. The van der Waals surface area contributed by atoms with E-state index in [9.17, 15) is 0 Å². The van der Waals surface area contributed by atoms with Crippen LogP contribution in [0.2, 0.25) is 0 Å². The van der Waals surface area contributed by atoms with Gasteiger partial charge < -0.3 is 5.32 Å². The van der Waals surface area contributed by atoms with Gasteiger partial charge in [0, 0.05) is 14.6 Å². The Kier molecular flexibility index (Phi) is 4.84. The third-order valence-electron chi connectivity index (χ3n) is 2.87. The Hall–Kier alpha value is -0.800. The van der Waals surface area contributed by atoms with Crippen LogP contribution in [-0.4, -0.2) is 0 Å². The molecule has 2 rings (SSSR count). The molecule has 94 valence electrons. The summed E-state index contributed by atoms with van der Waals surface area (Å²) in [5.74, 6) is 0. The van der Waals surface area contributed by atoms with Gasteiger partial charge in [-0.05, 0) is 46.1 Å². The van der Waals surface area contributed by atoms with E-state index in [1.807, 2.05) is 12.1 Å². The molecular weight excluding hydrogens is 354 g/mol. The molecule has 0 saturated carbocycles. The molecule has 0 heterocycles. The second kappa shape index (κ2) is 6.39. The minimum Gasteiger partial charge on any atom is -0.377 e. The number of halogens is 2. The van der Waals surface area contributed by atoms with Gasteiger partial charge in [-0.2, -0.15) is 0 Å². The Morgan fingerprint density at radius 2 is 1.78 bits per heavy atom.